The second-order valence-electron chi connectivity index (χ2n) is 7.53. The van der Waals surface area contributed by atoms with Gasteiger partial charge in [-0.1, -0.05) is 65.0 Å². The normalized spacial score (nSPS) is 27.8. The first-order chi connectivity index (χ1) is 9.37. The maximum atomic E-state index is 6.46. The van der Waals surface area contributed by atoms with Crippen LogP contribution in [0.15, 0.2) is 30.3 Å². The van der Waals surface area contributed by atoms with Crippen LogP contribution in [-0.4, -0.2) is 18.7 Å². The minimum Gasteiger partial charge on any atom is -0.367 e. The van der Waals surface area contributed by atoms with Crippen molar-refractivity contribution in [2.75, 3.05) is 6.54 Å². The average molecular weight is 275 g/mol. The molecule has 1 saturated heterocycles. The molecule has 1 aliphatic rings. The van der Waals surface area contributed by atoms with E-state index in [0.717, 1.165) is 13.0 Å². The lowest BCUT2D eigenvalue weighted by atomic mass is 9.86. The van der Waals surface area contributed by atoms with Gasteiger partial charge in [0.1, 0.15) is 0 Å². The quantitative estimate of drug-likeness (QED) is 0.893. The third-order valence-corrected chi connectivity index (χ3v) is 3.93. The highest BCUT2D eigenvalue weighted by molar-refractivity contribution is 5.20. The lowest BCUT2D eigenvalue weighted by Gasteiger charge is -2.41. The standard InChI is InChI=1S/C18H29NO/c1-13(2)16-17(14-9-7-6-8-10-14)20-15(12-19-16)11-18(3,4)5/h6-10,13,15-17,19H,11-12H2,1-5H3. The number of rotatable bonds is 3. The van der Waals surface area contributed by atoms with Crippen molar-refractivity contribution < 1.29 is 4.74 Å². The number of morpholine rings is 1. The van der Waals surface area contributed by atoms with Gasteiger partial charge in [0.05, 0.1) is 12.2 Å². The van der Waals surface area contributed by atoms with E-state index in [0.29, 0.717) is 23.5 Å². The molecule has 1 heterocycles. The van der Waals surface area contributed by atoms with Gasteiger partial charge in [-0.3, -0.25) is 0 Å². The summed E-state index contributed by atoms with van der Waals surface area (Å²) < 4.78 is 6.46. The number of hydrogen-bond acceptors (Lipinski definition) is 2. The molecule has 3 unspecified atom stereocenters. The molecule has 0 aromatic heterocycles. The molecular weight excluding hydrogens is 246 g/mol. The van der Waals surface area contributed by atoms with E-state index in [1.54, 1.807) is 0 Å². The van der Waals surface area contributed by atoms with Gasteiger partial charge in [-0.15, -0.1) is 0 Å². The van der Waals surface area contributed by atoms with Crippen molar-refractivity contribution in [2.24, 2.45) is 11.3 Å². The highest BCUT2D eigenvalue weighted by atomic mass is 16.5. The molecule has 1 aromatic rings. The smallest absolute Gasteiger partial charge is 0.0984 e. The Bertz CT molecular complexity index is 407. The van der Waals surface area contributed by atoms with Crippen molar-refractivity contribution >= 4 is 0 Å². The summed E-state index contributed by atoms with van der Waals surface area (Å²) in [5.41, 5.74) is 1.59. The minimum absolute atomic E-state index is 0.164. The van der Waals surface area contributed by atoms with Crippen LogP contribution < -0.4 is 5.32 Å². The van der Waals surface area contributed by atoms with E-state index < -0.39 is 0 Å². The Labute approximate surface area is 123 Å². The number of benzene rings is 1. The molecule has 0 spiro atoms. The summed E-state index contributed by atoms with van der Waals surface area (Å²) in [7, 11) is 0. The van der Waals surface area contributed by atoms with Gasteiger partial charge in [-0.25, -0.2) is 0 Å². The first-order valence-electron chi connectivity index (χ1n) is 7.80. The van der Waals surface area contributed by atoms with Crippen molar-refractivity contribution in [3.05, 3.63) is 35.9 Å². The highest BCUT2D eigenvalue weighted by Gasteiger charge is 2.35. The Balaban J connectivity index is 2.14. The molecule has 2 rings (SSSR count). The maximum Gasteiger partial charge on any atom is 0.0984 e. The molecule has 1 N–H and O–H groups in total. The molecule has 112 valence electrons. The number of nitrogens with one attached hydrogen (secondary N) is 1. The van der Waals surface area contributed by atoms with E-state index >= 15 is 0 Å². The van der Waals surface area contributed by atoms with Crippen LogP contribution in [0.3, 0.4) is 0 Å². The lowest BCUT2D eigenvalue weighted by Crippen LogP contribution is -2.51. The van der Waals surface area contributed by atoms with Gasteiger partial charge in [0.2, 0.25) is 0 Å². The Morgan fingerprint density at radius 3 is 2.40 bits per heavy atom. The zero-order valence-corrected chi connectivity index (χ0v) is 13.5. The van der Waals surface area contributed by atoms with Crippen LogP contribution in [0.2, 0.25) is 0 Å². The maximum absolute atomic E-state index is 6.46. The zero-order valence-electron chi connectivity index (χ0n) is 13.5. The molecule has 3 atom stereocenters. The summed E-state index contributed by atoms with van der Waals surface area (Å²) >= 11 is 0. The molecule has 0 saturated carbocycles. The number of ether oxygens (including phenoxy) is 1. The third-order valence-electron chi connectivity index (χ3n) is 3.93. The molecule has 1 fully saturated rings. The van der Waals surface area contributed by atoms with Gasteiger partial charge in [0, 0.05) is 12.6 Å². The molecule has 1 aliphatic heterocycles. The first kappa shape index (κ1) is 15.5. The van der Waals surface area contributed by atoms with Gasteiger partial charge in [0.25, 0.3) is 0 Å². The van der Waals surface area contributed by atoms with Crippen LogP contribution in [0.1, 0.15) is 52.7 Å². The van der Waals surface area contributed by atoms with E-state index in [2.05, 4.69) is 70.3 Å². The van der Waals surface area contributed by atoms with Crippen molar-refractivity contribution in [2.45, 2.75) is 59.3 Å². The van der Waals surface area contributed by atoms with Gasteiger partial charge in [-0.2, -0.15) is 0 Å². The average Bonchev–Trinajstić information content (AvgIpc) is 2.37. The SMILES string of the molecule is CC(C)C1NCC(CC(C)(C)C)OC1c1ccccc1. The van der Waals surface area contributed by atoms with Crippen molar-refractivity contribution in [3.63, 3.8) is 0 Å². The van der Waals surface area contributed by atoms with Crippen LogP contribution in [0.25, 0.3) is 0 Å². The van der Waals surface area contributed by atoms with Gasteiger partial charge < -0.3 is 10.1 Å². The van der Waals surface area contributed by atoms with Crippen LogP contribution in [0, 0.1) is 11.3 Å². The fraction of sp³-hybridized carbons (Fsp3) is 0.667. The fourth-order valence-corrected chi connectivity index (χ4v) is 3.03. The molecule has 2 nitrogen and oxygen atoms in total. The van der Waals surface area contributed by atoms with Crippen molar-refractivity contribution in [1.29, 1.82) is 0 Å². The summed E-state index contributed by atoms with van der Waals surface area (Å²) in [4.78, 5) is 0. The van der Waals surface area contributed by atoms with Gasteiger partial charge >= 0.3 is 0 Å². The molecule has 0 bridgehead atoms. The monoisotopic (exact) mass is 275 g/mol. The Kier molecular flexibility index (Phi) is 4.87. The summed E-state index contributed by atoms with van der Waals surface area (Å²) in [5, 5.41) is 3.71. The summed E-state index contributed by atoms with van der Waals surface area (Å²) in [6, 6.07) is 11.0. The third kappa shape index (κ3) is 4.07. The molecular formula is C18H29NO. The Morgan fingerprint density at radius 2 is 1.85 bits per heavy atom. The second kappa shape index (κ2) is 6.28. The lowest BCUT2D eigenvalue weighted by molar-refractivity contribution is -0.0876. The Hall–Kier alpha value is -0.860. The van der Waals surface area contributed by atoms with E-state index in [1.165, 1.54) is 5.56 Å². The van der Waals surface area contributed by atoms with Gasteiger partial charge in [0.15, 0.2) is 0 Å². The van der Waals surface area contributed by atoms with Crippen LogP contribution in [0.4, 0.5) is 0 Å². The molecule has 0 radical (unpaired) electrons. The second-order valence-corrected chi connectivity index (χ2v) is 7.53. The number of hydrogen-bond donors (Lipinski definition) is 1. The van der Waals surface area contributed by atoms with E-state index in [4.69, 9.17) is 4.74 Å². The van der Waals surface area contributed by atoms with Crippen LogP contribution in [-0.2, 0) is 4.74 Å². The fourth-order valence-electron chi connectivity index (χ4n) is 3.03. The predicted molar refractivity (Wildman–Crippen MR) is 84.8 cm³/mol. The Morgan fingerprint density at radius 1 is 1.20 bits per heavy atom. The van der Waals surface area contributed by atoms with Crippen molar-refractivity contribution in [3.8, 4) is 0 Å². The molecule has 0 aliphatic carbocycles. The van der Waals surface area contributed by atoms with Crippen LogP contribution >= 0.6 is 0 Å². The summed E-state index contributed by atoms with van der Waals surface area (Å²) in [6.07, 6.45) is 1.56. The van der Waals surface area contributed by atoms with E-state index in [1.807, 2.05) is 0 Å². The summed E-state index contributed by atoms with van der Waals surface area (Å²) in [5.74, 6) is 0.566. The van der Waals surface area contributed by atoms with Gasteiger partial charge in [-0.05, 0) is 23.3 Å². The summed E-state index contributed by atoms with van der Waals surface area (Å²) in [6.45, 7) is 12.3. The predicted octanol–water partition coefficient (Wildman–Crippen LogP) is 4.18. The highest BCUT2D eigenvalue weighted by Crippen LogP contribution is 2.33. The minimum atomic E-state index is 0.164. The topological polar surface area (TPSA) is 21.3 Å². The first-order valence-corrected chi connectivity index (χ1v) is 7.80. The molecule has 1 aromatic carbocycles. The van der Waals surface area contributed by atoms with E-state index in [-0.39, 0.29) is 6.10 Å². The molecule has 20 heavy (non-hydrogen) atoms. The van der Waals surface area contributed by atoms with Crippen molar-refractivity contribution in [1.82, 2.24) is 5.32 Å². The zero-order chi connectivity index (χ0) is 14.8. The largest absolute Gasteiger partial charge is 0.367 e. The van der Waals surface area contributed by atoms with E-state index in [9.17, 15) is 0 Å². The molecule has 0 amide bonds. The molecule has 2 heteroatoms. The van der Waals surface area contributed by atoms with Crippen LogP contribution in [0.5, 0.6) is 0 Å².